The van der Waals surface area contributed by atoms with Gasteiger partial charge in [0.05, 0.1) is 6.42 Å². The molecule has 0 aliphatic carbocycles. The van der Waals surface area contributed by atoms with Gasteiger partial charge in [-0.1, -0.05) is 0 Å². The van der Waals surface area contributed by atoms with E-state index in [0.717, 1.165) is 6.92 Å². The minimum atomic E-state index is -2.71. The summed E-state index contributed by atoms with van der Waals surface area (Å²) in [6.07, 6.45) is 1.11. The van der Waals surface area contributed by atoms with E-state index >= 15 is 0 Å². The van der Waals surface area contributed by atoms with Crippen LogP contribution in [0.25, 0.3) is 0 Å². The largest absolute Gasteiger partial charge is 0.318 e. The summed E-state index contributed by atoms with van der Waals surface area (Å²) in [4.78, 5) is 0. The van der Waals surface area contributed by atoms with Gasteiger partial charge in [-0.15, -0.1) is 10.2 Å². The van der Waals surface area contributed by atoms with Crippen LogP contribution in [0, 0.1) is 0 Å². The molecule has 0 fully saturated rings. The molecule has 3 nitrogen and oxygen atoms in total. The first kappa shape index (κ1) is 9.09. The molecule has 0 unspecified atom stereocenters. The highest BCUT2D eigenvalue weighted by Crippen LogP contribution is 2.16. The van der Waals surface area contributed by atoms with Crippen LogP contribution >= 0.6 is 0 Å². The van der Waals surface area contributed by atoms with Gasteiger partial charge in [-0.3, -0.25) is 0 Å². The molecule has 0 spiro atoms. The van der Waals surface area contributed by atoms with Crippen LogP contribution in [0.5, 0.6) is 0 Å². The van der Waals surface area contributed by atoms with Crippen molar-refractivity contribution in [2.75, 3.05) is 0 Å². The Morgan fingerprint density at radius 2 is 2.25 bits per heavy atom. The Hall–Kier alpha value is -1.00. The smallest absolute Gasteiger partial charge is 0.252 e. The third-order valence-electron chi connectivity index (χ3n) is 1.50. The molecule has 0 N–H and O–H groups in total. The van der Waals surface area contributed by atoms with Crippen LogP contribution in [-0.4, -0.2) is 20.7 Å². The number of aryl methyl sites for hydroxylation is 1. The molecule has 5 heteroatoms. The second-order valence-corrected chi connectivity index (χ2v) is 2.78. The Morgan fingerprint density at radius 3 is 2.75 bits per heavy atom. The minimum absolute atomic E-state index is 0.338. The molecule has 0 bridgehead atoms. The van der Waals surface area contributed by atoms with Gasteiger partial charge < -0.3 is 4.57 Å². The Bertz CT molecular complexity index is 251. The maximum atomic E-state index is 12.5. The van der Waals surface area contributed by atoms with Crippen molar-refractivity contribution in [3.63, 3.8) is 0 Å². The molecule has 1 aromatic rings. The zero-order valence-corrected chi connectivity index (χ0v) is 7.09. The summed E-state index contributed by atoms with van der Waals surface area (Å²) in [6, 6.07) is 0. The normalized spacial score (nSPS) is 12.0. The number of hydrogen-bond acceptors (Lipinski definition) is 2. The fourth-order valence-electron chi connectivity index (χ4n) is 0.958. The second kappa shape index (κ2) is 3.16. The molecule has 0 aliphatic rings. The number of rotatable bonds is 3. The number of hydrogen-bond donors (Lipinski definition) is 0. The van der Waals surface area contributed by atoms with Crippen molar-refractivity contribution in [3.05, 3.63) is 12.2 Å². The highest BCUT2D eigenvalue weighted by Gasteiger charge is 2.24. The molecular weight excluding hydrogens is 164 g/mol. The number of nitrogens with zero attached hydrogens (tertiary/aromatic N) is 3. The van der Waals surface area contributed by atoms with Crippen LogP contribution < -0.4 is 0 Å². The summed E-state index contributed by atoms with van der Waals surface area (Å²) in [6.45, 7) is 3.36. The monoisotopic (exact) mass is 175 g/mol. The van der Waals surface area contributed by atoms with E-state index in [1.54, 1.807) is 4.57 Å². The lowest BCUT2D eigenvalue weighted by Gasteiger charge is -2.09. The van der Waals surface area contributed by atoms with Gasteiger partial charge in [0.2, 0.25) is 0 Å². The zero-order chi connectivity index (χ0) is 9.19. The van der Waals surface area contributed by atoms with E-state index < -0.39 is 5.92 Å². The van der Waals surface area contributed by atoms with Gasteiger partial charge in [-0.25, -0.2) is 8.78 Å². The minimum Gasteiger partial charge on any atom is -0.318 e. The summed E-state index contributed by atoms with van der Waals surface area (Å²) in [5, 5.41) is 7.16. The van der Waals surface area contributed by atoms with Crippen molar-refractivity contribution in [1.82, 2.24) is 14.8 Å². The van der Waals surface area contributed by atoms with Crippen molar-refractivity contribution in [2.24, 2.45) is 0 Å². The van der Waals surface area contributed by atoms with Crippen molar-refractivity contribution in [3.8, 4) is 0 Å². The Balaban J connectivity index is 2.75. The van der Waals surface area contributed by atoms with Gasteiger partial charge >= 0.3 is 0 Å². The predicted octanol–water partition coefficient (Wildman–Crippen LogP) is 1.50. The molecule has 12 heavy (non-hydrogen) atoms. The van der Waals surface area contributed by atoms with E-state index in [4.69, 9.17) is 0 Å². The Morgan fingerprint density at radius 1 is 1.58 bits per heavy atom. The molecule has 0 saturated heterocycles. The van der Waals surface area contributed by atoms with E-state index in [9.17, 15) is 8.78 Å². The number of alkyl halides is 2. The van der Waals surface area contributed by atoms with E-state index in [1.807, 2.05) is 6.92 Å². The first-order valence-electron chi connectivity index (χ1n) is 3.77. The highest BCUT2D eigenvalue weighted by molar-refractivity contribution is 4.89. The number of aromatic nitrogens is 3. The lowest BCUT2D eigenvalue weighted by atomic mass is 10.2. The van der Waals surface area contributed by atoms with Crippen LogP contribution in [0.2, 0.25) is 0 Å². The number of halogens is 2. The van der Waals surface area contributed by atoms with Crippen molar-refractivity contribution in [1.29, 1.82) is 0 Å². The summed E-state index contributed by atoms with van der Waals surface area (Å²) < 4.78 is 26.7. The Kier molecular flexibility index (Phi) is 2.40. The van der Waals surface area contributed by atoms with Gasteiger partial charge in [-0.2, -0.15) is 0 Å². The van der Waals surface area contributed by atoms with Gasteiger partial charge in [-0.05, 0) is 13.8 Å². The highest BCUT2D eigenvalue weighted by atomic mass is 19.3. The average Bonchev–Trinajstić information content (AvgIpc) is 2.31. The summed E-state index contributed by atoms with van der Waals surface area (Å²) in [7, 11) is 0. The molecule has 0 amide bonds. The average molecular weight is 175 g/mol. The van der Waals surface area contributed by atoms with Crippen molar-refractivity contribution in [2.45, 2.75) is 32.7 Å². The lowest BCUT2D eigenvalue weighted by Crippen LogP contribution is -2.17. The van der Waals surface area contributed by atoms with Crippen LogP contribution in [0.1, 0.15) is 19.7 Å². The standard InChI is InChI=1S/C7H11F2N3/c1-3-12-5-10-11-6(12)4-7(2,8)9/h5H,3-4H2,1-2H3. The molecule has 1 aromatic heterocycles. The maximum absolute atomic E-state index is 12.5. The summed E-state index contributed by atoms with van der Waals surface area (Å²) in [5.74, 6) is -2.37. The molecule has 0 aromatic carbocycles. The summed E-state index contributed by atoms with van der Waals surface area (Å²) >= 11 is 0. The quantitative estimate of drug-likeness (QED) is 0.696. The van der Waals surface area contributed by atoms with E-state index in [-0.39, 0.29) is 6.42 Å². The fourth-order valence-corrected chi connectivity index (χ4v) is 0.958. The van der Waals surface area contributed by atoms with Crippen LogP contribution in [0.15, 0.2) is 6.33 Å². The van der Waals surface area contributed by atoms with Gasteiger partial charge in [0, 0.05) is 6.54 Å². The maximum Gasteiger partial charge on any atom is 0.252 e. The molecule has 1 heterocycles. The lowest BCUT2D eigenvalue weighted by molar-refractivity contribution is 0.0197. The van der Waals surface area contributed by atoms with Crippen LogP contribution in [-0.2, 0) is 13.0 Å². The first-order valence-corrected chi connectivity index (χ1v) is 3.77. The molecule has 0 saturated carbocycles. The SMILES string of the molecule is CCn1cnnc1CC(C)(F)F. The van der Waals surface area contributed by atoms with Crippen LogP contribution in [0.4, 0.5) is 8.78 Å². The molecule has 68 valence electrons. The van der Waals surface area contributed by atoms with E-state index in [0.29, 0.717) is 12.4 Å². The van der Waals surface area contributed by atoms with Crippen molar-refractivity contribution < 1.29 is 8.78 Å². The first-order chi connectivity index (χ1) is 5.53. The van der Waals surface area contributed by atoms with Gasteiger partial charge in [0.15, 0.2) is 0 Å². The molecule has 0 radical (unpaired) electrons. The summed E-state index contributed by atoms with van der Waals surface area (Å²) in [5.41, 5.74) is 0. The predicted molar refractivity (Wildman–Crippen MR) is 40.0 cm³/mol. The fraction of sp³-hybridized carbons (Fsp3) is 0.714. The third kappa shape index (κ3) is 2.25. The zero-order valence-electron chi connectivity index (χ0n) is 7.09. The van der Waals surface area contributed by atoms with E-state index in [1.165, 1.54) is 6.33 Å². The molecule has 1 rings (SSSR count). The third-order valence-corrected chi connectivity index (χ3v) is 1.50. The van der Waals surface area contributed by atoms with Crippen molar-refractivity contribution >= 4 is 0 Å². The van der Waals surface area contributed by atoms with Gasteiger partial charge in [0.1, 0.15) is 12.2 Å². The second-order valence-electron chi connectivity index (χ2n) is 2.78. The topological polar surface area (TPSA) is 30.7 Å². The molecule has 0 atom stereocenters. The van der Waals surface area contributed by atoms with Gasteiger partial charge in [0.25, 0.3) is 5.92 Å². The molecular formula is C7H11F2N3. The van der Waals surface area contributed by atoms with E-state index in [2.05, 4.69) is 10.2 Å². The molecule has 0 aliphatic heterocycles. The van der Waals surface area contributed by atoms with Crippen LogP contribution in [0.3, 0.4) is 0 Å². The Labute approximate surface area is 69.4 Å².